The summed E-state index contributed by atoms with van der Waals surface area (Å²) >= 11 is 0. The molecule has 0 aromatic carbocycles. The Morgan fingerprint density at radius 3 is 2.89 bits per heavy atom. The lowest BCUT2D eigenvalue weighted by Gasteiger charge is -2.19. The number of likely N-dealkylation sites (N-methyl/N-ethyl adjacent to an activating group) is 1. The Labute approximate surface area is 107 Å². The van der Waals surface area contributed by atoms with Crippen LogP contribution in [0, 0.1) is 5.92 Å². The fraction of sp³-hybridized carbons (Fsp3) is 0.667. The summed E-state index contributed by atoms with van der Waals surface area (Å²) < 4.78 is 1.76. The largest absolute Gasteiger partial charge is 0.314 e. The van der Waals surface area contributed by atoms with Gasteiger partial charge < -0.3 is 5.32 Å². The van der Waals surface area contributed by atoms with Crippen LogP contribution in [0.15, 0.2) is 12.4 Å². The predicted molar refractivity (Wildman–Crippen MR) is 69.2 cm³/mol. The Hall–Kier alpha value is -1.56. The van der Waals surface area contributed by atoms with Crippen molar-refractivity contribution in [3.63, 3.8) is 0 Å². The summed E-state index contributed by atoms with van der Waals surface area (Å²) in [6.45, 7) is 7.57. The van der Waals surface area contributed by atoms with Crippen LogP contribution in [0.25, 0.3) is 5.65 Å². The molecule has 1 atom stereocenters. The van der Waals surface area contributed by atoms with Gasteiger partial charge in [-0.2, -0.15) is 4.52 Å². The van der Waals surface area contributed by atoms with Gasteiger partial charge >= 0.3 is 0 Å². The van der Waals surface area contributed by atoms with E-state index in [1.165, 1.54) is 0 Å². The summed E-state index contributed by atoms with van der Waals surface area (Å²) in [5.41, 5.74) is 1.75. The van der Waals surface area contributed by atoms with E-state index >= 15 is 0 Å². The van der Waals surface area contributed by atoms with E-state index < -0.39 is 0 Å². The quantitative estimate of drug-likeness (QED) is 0.828. The van der Waals surface area contributed by atoms with Crippen LogP contribution in [0.2, 0.25) is 0 Å². The van der Waals surface area contributed by atoms with Gasteiger partial charge in [-0.3, -0.25) is 4.98 Å². The van der Waals surface area contributed by atoms with Crippen molar-refractivity contribution < 1.29 is 0 Å². The van der Waals surface area contributed by atoms with Crippen LogP contribution in [-0.4, -0.2) is 37.6 Å². The van der Waals surface area contributed by atoms with Gasteiger partial charge in [0.05, 0.1) is 11.9 Å². The van der Waals surface area contributed by atoms with Gasteiger partial charge in [0.25, 0.3) is 0 Å². The van der Waals surface area contributed by atoms with Crippen molar-refractivity contribution in [2.45, 2.75) is 39.7 Å². The Bertz CT molecular complexity index is 492. The molecule has 98 valence electrons. The molecule has 0 aliphatic heterocycles. The smallest absolute Gasteiger partial charge is 0.197 e. The summed E-state index contributed by atoms with van der Waals surface area (Å²) in [4.78, 5) is 4.19. The van der Waals surface area contributed by atoms with E-state index in [-0.39, 0.29) is 0 Å². The zero-order valence-corrected chi connectivity index (χ0v) is 11.2. The third kappa shape index (κ3) is 3.01. The molecule has 2 aromatic rings. The van der Waals surface area contributed by atoms with Crippen molar-refractivity contribution in [2.24, 2.45) is 5.92 Å². The first-order chi connectivity index (χ1) is 8.70. The van der Waals surface area contributed by atoms with E-state index in [9.17, 15) is 0 Å². The lowest BCUT2D eigenvalue weighted by atomic mass is 10.00. The average Bonchev–Trinajstić information content (AvgIpc) is 2.77. The maximum Gasteiger partial charge on any atom is 0.197 e. The second-order valence-electron chi connectivity index (χ2n) is 4.94. The molecular weight excluding hydrogens is 228 g/mol. The van der Waals surface area contributed by atoms with E-state index in [1.807, 2.05) is 6.20 Å². The predicted octanol–water partition coefficient (Wildman–Crippen LogP) is 1.09. The zero-order valence-electron chi connectivity index (χ0n) is 11.2. The van der Waals surface area contributed by atoms with Crippen LogP contribution in [0.5, 0.6) is 0 Å². The minimum atomic E-state index is 0.437. The number of rotatable bonds is 6. The lowest BCUT2D eigenvalue weighted by Crippen LogP contribution is -2.33. The first-order valence-electron chi connectivity index (χ1n) is 6.45. The van der Waals surface area contributed by atoms with Crippen molar-refractivity contribution in [2.75, 3.05) is 6.54 Å². The molecule has 0 fully saturated rings. The molecule has 0 amide bonds. The number of fused-ring (bicyclic) bond motifs is 1. The van der Waals surface area contributed by atoms with Gasteiger partial charge in [-0.05, 0) is 29.3 Å². The van der Waals surface area contributed by atoms with E-state index in [4.69, 9.17) is 0 Å². The highest BCUT2D eigenvalue weighted by molar-refractivity contribution is 5.32. The molecule has 6 heteroatoms. The highest BCUT2D eigenvalue weighted by atomic mass is 15.5. The van der Waals surface area contributed by atoms with Crippen LogP contribution >= 0.6 is 0 Å². The van der Waals surface area contributed by atoms with Gasteiger partial charge in [-0.1, -0.05) is 20.8 Å². The van der Waals surface area contributed by atoms with Gasteiger partial charge in [0.1, 0.15) is 0 Å². The minimum absolute atomic E-state index is 0.437. The van der Waals surface area contributed by atoms with Crippen molar-refractivity contribution in [3.05, 3.63) is 18.1 Å². The molecule has 0 aliphatic rings. The van der Waals surface area contributed by atoms with Crippen LogP contribution in [0.3, 0.4) is 0 Å². The number of nitrogens with zero attached hydrogens (tertiary/aromatic N) is 5. The van der Waals surface area contributed by atoms with Crippen LogP contribution in [0.4, 0.5) is 0 Å². The molecule has 0 spiro atoms. The summed E-state index contributed by atoms with van der Waals surface area (Å²) in [6.07, 6.45) is 5.54. The van der Waals surface area contributed by atoms with Gasteiger partial charge in [-0.15, -0.1) is 5.10 Å². The lowest BCUT2D eigenvalue weighted by molar-refractivity contribution is 0.418. The first kappa shape index (κ1) is 12.9. The molecule has 2 rings (SSSR count). The molecule has 18 heavy (non-hydrogen) atoms. The van der Waals surface area contributed by atoms with Crippen LogP contribution in [0.1, 0.15) is 32.9 Å². The number of hydrogen-bond acceptors (Lipinski definition) is 5. The van der Waals surface area contributed by atoms with E-state index in [2.05, 4.69) is 46.6 Å². The Morgan fingerprint density at radius 1 is 1.33 bits per heavy atom. The third-order valence-electron chi connectivity index (χ3n) is 2.88. The molecule has 2 heterocycles. The SMILES string of the molecule is CCNC(Cc1cncc2nnnn12)CC(C)C. The zero-order chi connectivity index (χ0) is 13.0. The molecular formula is C12H20N6. The van der Waals surface area contributed by atoms with Crippen molar-refractivity contribution in [3.8, 4) is 0 Å². The molecule has 0 bridgehead atoms. The van der Waals surface area contributed by atoms with E-state index in [0.717, 1.165) is 25.1 Å². The van der Waals surface area contributed by atoms with E-state index in [1.54, 1.807) is 10.7 Å². The van der Waals surface area contributed by atoms with Gasteiger partial charge in [0.2, 0.25) is 0 Å². The minimum Gasteiger partial charge on any atom is -0.314 e. The molecule has 0 aliphatic carbocycles. The van der Waals surface area contributed by atoms with Gasteiger partial charge in [-0.25, -0.2) is 0 Å². The monoisotopic (exact) mass is 248 g/mol. The molecule has 2 aromatic heterocycles. The molecule has 6 nitrogen and oxygen atoms in total. The van der Waals surface area contributed by atoms with Crippen molar-refractivity contribution in [1.82, 2.24) is 30.3 Å². The Morgan fingerprint density at radius 2 is 2.17 bits per heavy atom. The van der Waals surface area contributed by atoms with Gasteiger partial charge in [0.15, 0.2) is 5.65 Å². The highest BCUT2D eigenvalue weighted by Crippen LogP contribution is 2.10. The van der Waals surface area contributed by atoms with E-state index in [0.29, 0.717) is 17.6 Å². The molecule has 0 saturated carbocycles. The fourth-order valence-electron chi connectivity index (χ4n) is 2.21. The highest BCUT2D eigenvalue weighted by Gasteiger charge is 2.13. The van der Waals surface area contributed by atoms with Crippen molar-refractivity contribution >= 4 is 5.65 Å². The molecule has 1 unspecified atom stereocenters. The molecule has 0 saturated heterocycles. The average molecular weight is 248 g/mol. The number of hydrogen-bond donors (Lipinski definition) is 1. The number of tetrazole rings is 1. The standard InChI is InChI=1S/C12H20N6/c1-4-14-10(5-9(2)3)6-11-7-13-8-12-15-16-17-18(11)12/h7-10,14H,4-6H2,1-3H3. The summed E-state index contributed by atoms with van der Waals surface area (Å²) in [5.74, 6) is 0.662. The Kier molecular flexibility index (Phi) is 4.19. The fourth-order valence-corrected chi connectivity index (χ4v) is 2.21. The summed E-state index contributed by atoms with van der Waals surface area (Å²) in [6, 6.07) is 0.437. The van der Waals surface area contributed by atoms with Gasteiger partial charge in [0, 0.05) is 18.7 Å². The maximum atomic E-state index is 4.19. The molecule has 1 N–H and O–H groups in total. The van der Waals surface area contributed by atoms with Crippen molar-refractivity contribution in [1.29, 1.82) is 0 Å². The number of aromatic nitrogens is 5. The third-order valence-corrected chi connectivity index (χ3v) is 2.88. The summed E-state index contributed by atoms with van der Waals surface area (Å²) in [5, 5.41) is 15.1. The molecule has 0 radical (unpaired) electrons. The number of nitrogens with one attached hydrogen (secondary N) is 1. The maximum absolute atomic E-state index is 4.19. The first-order valence-corrected chi connectivity index (χ1v) is 6.45. The second kappa shape index (κ2) is 5.86. The summed E-state index contributed by atoms with van der Waals surface area (Å²) in [7, 11) is 0. The topological polar surface area (TPSA) is 68.0 Å². The normalized spacial score (nSPS) is 13.3. The van der Waals surface area contributed by atoms with Crippen LogP contribution in [-0.2, 0) is 6.42 Å². The Balaban J connectivity index is 2.17. The van der Waals surface area contributed by atoms with Crippen LogP contribution < -0.4 is 5.32 Å². The second-order valence-corrected chi connectivity index (χ2v) is 4.94.